The van der Waals surface area contributed by atoms with Crippen LogP contribution < -0.4 is 10.2 Å². The van der Waals surface area contributed by atoms with E-state index in [2.05, 4.69) is 5.32 Å². The van der Waals surface area contributed by atoms with Crippen LogP contribution in [-0.2, 0) is 26.0 Å². The molecule has 35 heavy (non-hydrogen) atoms. The Balaban J connectivity index is 1.24. The molecule has 2 aromatic carbocycles. The topological polar surface area (TPSA) is 86.8 Å². The van der Waals surface area contributed by atoms with Gasteiger partial charge in [0.25, 0.3) is 0 Å². The van der Waals surface area contributed by atoms with Crippen molar-refractivity contribution in [2.75, 3.05) is 23.3 Å². The van der Waals surface area contributed by atoms with Crippen LogP contribution in [0.4, 0.5) is 11.4 Å². The number of hydrogen-bond donors (Lipinski definition) is 1. The minimum atomic E-state index is -3.66. The quantitative estimate of drug-likeness (QED) is 0.676. The minimum Gasteiger partial charge on any atom is -0.326 e. The monoisotopic (exact) mass is 495 g/mol. The summed E-state index contributed by atoms with van der Waals surface area (Å²) in [6, 6.07) is 12.9. The third kappa shape index (κ3) is 4.61. The van der Waals surface area contributed by atoms with Gasteiger partial charge in [0.05, 0.1) is 4.90 Å². The molecule has 8 heteroatoms. The molecule has 5 rings (SSSR count). The minimum absolute atomic E-state index is 0.0406. The van der Waals surface area contributed by atoms with Crippen molar-refractivity contribution in [1.82, 2.24) is 4.31 Å². The van der Waals surface area contributed by atoms with Crippen molar-refractivity contribution in [3.63, 3.8) is 0 Å². The van der Waals surface area contributed by atoms with E-state index in [-0.39, 0.29) is 34.6 Å². The van der Waals surface area contributed by atoms with Crippen LogP contribution in [0.2, 0.25) is 0 Å². The number of benzene rings is 2. The lowest BCUT2D eigenvalue weighted by Gasteiger charge is -2.32. The number of carbonyl (C=O) groups is 2. The van der Waals surface area contributed by atoms with Gasteiger partial charge in [0.2, 0.25) is 21.8 Å². The Labute approximate surface area is 207 Å². The highest BCUT2D eigenvalue weighted by Crippen LogP contribution is 2.38. The first kappa shape index (κ1) is 24.0. The molecule has 2 aromatic rings. The summed E-state index contributed by atoms with van der Waals surface area (Å²) in [5.41, 5.74) is 3.64. The van der Waals surface area contributed by atoms with Gasteiger partial charge in [-0.15, -0.1) is 0 Å². The van der Waals surface area contributed by atoms with Crippen molar-refractivity contribution >= 4 is 33.2 Å². The van der Waals surface area contributed by atoms with Gasteiger partial charge in [-0.25, -0.2) is 8.42 Å². The number of amides is 2. The molecular formula is C27H33N3O4S. The maximum Gasteiger partial charge on any atom is 0.243 e. The third-order valence-electron chi connectivity index (χ3n) is 7.74. The second-order valence-electron chi connectivity index (χ2n) is 10.2. The predicted molar refractivity (Wildman–Crippen MR) is 136 cm³/mol. The predicted octanol–water partition coefficient (Wildman–Crippen LogP) is 4.11. The van der Waals surface area contributed by atoms with Crippen LogP contribution in [0.15, 0.2) is 47.4 Å². The van der Waals surface area contributed by atoms with E-state index in [1.807, 2.05) is 43.0 Å². The lowest BCUT2D eigenvalue weighted by Crippen LogP contribution is -2.42. The Morgan fingerprint density at radius 2 is 1.63 bits per heavy atom. The fraction of sp³-hybridized carbons (Fsp3) is 0.481. The molecule has 2 amide bonds. The number of anilines is 2. The van der Waals surface area contributed by atoms with Gasteiger partial charge in [-0.2, -0.15) is 4.31 Å². The SMILES string of the molecule is Cc1ccc(NC(=O)C2CCN(S(=O)(=O)c3ccc4c(c3)CC(C)N4C(=O)C3CCC3)CC2)cc1. The second-order valence-corrected chi connectivity index (χ2v) is 12.2. The molecule has 0 spiro atoms. The van der Waals surface area contributed by atoms with E-state index >= 15 is 0 Å². The Kier molecular flexibility index (Phi) is 6.44. The van der Waals surface area contributed by atoms with Gasteiger partial charge in [0, 0.05) is 42.3 Å². The van der Waals surface area contributed by atoms with Crippen LogP contribution in [0.5, 0.6) is 0 Å². The number of nitrogens with zero attached hydrogens (tertiary/aromatic N) is 2. The molecule has 1 aliphatic carbocycles. The third-order valence-corrected chi connectivity index (χ3v) is 9.63. The van der Waals surface area contributed by atoms with E-state index in [1.165, 1.54) is 4.31 Å². The van der Waals surface area contributed by atoms with E-state index in [0.29, 0.717) is 32.4 Å². The summed E-state index contributed by atoms with van der Waals surface area (Å²) in [6.07, 6.45) is 4.64. The summed E-state index contributed by atoms with van der Waals surface area (Å²) in [5, 5.41) is 2.95. The van der Waals surface area contributed by atoms with Crippen LogP contribution in [0.1, 0.15) is 50.2 Å². The Morgan fingerprint density at radius 3 is 2.26 bits per heavy atom. The van der Waals surface area contributed by atoms with E-state index in [9.17, 15) is 18.0 Å². The zero-order valence-electron chi connectivity index (χ0n) is 20.4. The molecule has 0 radical (unpaired) electrons. The largest absolute Gasteiger partial charge is 0.326 e. The van der Waals surface area contributed by atoms with Crippen LogP contribution in [0.3, 0.4) is 0 Å². The van der Waals surface area contributed by atoms with E-state index in [4.69, 9.17) is 0 Å². The average molecular weight is 496 g/mol. The smallest absolute Gasteiger partial charge is 0.243 e. The molecule has 3 aliphatic rings. The lowest BCUT2D eigenvalue weighted by molar-refractivity contribution is -0.125. The van der Waals surface area contributed by atoms with E-state index < -0.39 is 10.0 Å². The van der Waals surface area contributed by atoms with Crippen molar-refractivity contribution in [2.45, 2.75) is 63.3 Å². The van der Waals surface area contributed by atoms with Crippen LogP contribution in [0.25, 0.3) is 0 Å². The normalized spacial score (nSPS) is 21.4. The van der Waals surface area contributed by atoms with Crippen LogP contribution >= 0.6 is 0 Å². The fourth-order valence-electron chi connectivity index (χ4n) is 5.34. The van der Waals surface area contributed by atoms with Gasteiger partial charge in [-0.3, -0.25) is 9.59 Å². The molecule has 2 aliphatic heterocycles. The molecule has 1 saturated carbocycles. The average Bonchev–Trinajstić information content (AvgIpc) is 3.14. The molecule has 1 saturated heterocycles. The standard InChI is InChI=1S/C27H33N3O4S/c1-18-6-8-23(9-7-18)28-26(31)20-12-14-29(15-13-20)35(33,34)24-10-11-25-22(17-24)16-19(2)30(25)27(32)21-4-3-5-21/h6-11,17,19-21H,3-5,12-16H2,1-2H3,(H,28,31). The summed E-state index contributed by atoms with van der Waals surface area (Å²) in [7, 11) is -3.66. The molecule has 0 aromatic heterocycles. The van der Waals surface area contributed by atoms with Crippen molar-refractivity contribution in [3.8, 4) is 0 Å². The molecule has 2 fully saturated rings. The summed E-state index contributed by atoms with van der Waals surface area (Å²) < 4.78 is 28.3. The zero-order valence-corrected chi connectivity index (χ0v) is 21.2. The first-order valence-corrected chi connectivity index (χ1v) is 14.0. The van der Waals surface area contributed by atoms with Crippen molar-refractivity contribution < 1.29 is 18.0 Å². The van der Waals surface area contributed by atoms with E-state index in [0.717, 1.165) is 41.8 Å². The Morgan fingerprint density at radius 1 is 0.943 bits per heavy atom. The van der Waals surface area contributed by atoms with Crippen molar-refractivity contribution in [3.05, 3.63) is 53.6 Å². The maximum atomic E-state index is 13.4. The second kappa shape index (κ2) is 9.39. The van der Waals surface area contributed by atoms with Gasteiger partial charge >= 0.3 is 0 Å². The van der Waals surface area contributed by atoms with Gasteiger partial charge < -0.3 is 10.2 Å². The van der Waals surface area contributed by atoms with Gasteiger partial charge in [0.1, 0.15) is 0 Å². The Bertz CT molecular complexity index is 1230. The lowest BCUT2D eigenvalue weighted by atomic mass is 9.84. The van der Waals surface area contributed by atoms with Crippen LogP contribution in [0, 0.1) is 18.8 Å². The first-order chi connectivity index (χ1) is 16.7. The molecule has 1 atom stereocenters. The number of aryl methyl sites for hydroxylation is 1. The Hall–Kier alpha value is -2.71. The molecular weight excluding hydrogens is 462 g/mol. The highest BCUT2D eigenvalue weighted by atomic mass is 32.2. The van der Waals surface area contributed by atoms with Gasteiger partial charge in [0.15, 0.2) is 0 Å². The highest BCUT2D eigenvalue weighted by molar-refractivity contribution is 7.89. The number of sulfonamides is 1. The number of nitrogens with one attached hydrogen (secondary N) is 1. The molecule has 7 nitrogen and oxygen atoms in total. The van der Waals surface area contributed by atoms with E-state index in [1.54, 1.807) is 18.2 Å². The highest BCUT2D eigenvalue weighted by Gasteiger charge is 2.38. The summed E-state index contributed by atoms with van der Waals surface area (Å²) in [4.78, 5) is 27.7. The molecule has 0 bridgehead atoms. The van der Waals surface area contributed by atoms with Gasteiger partial charge in [-0.05, 0) is 81.8 Å². The van der Waals surface area contributed by atoms with Crippen molar-refractivity contribution in [2.24, 2.45) is 11.8 Å². The number of fused-ring (bicyclic) bond motifs is 1. The fourth-order valence-corrected chi connectivity index (χ4v) is 6.87. The molecule has 186 valence electrons. The number of hydrogen-bond acceptors (Lipinski definition) is 4. The summed E-state index contributed by atoms with van der Waals surface area (Å²) in [6.45, 7) is 4.65. The molecule has 2 heterocycles. The first-order valence-electron chi connectivity index (χ1n) is 12.6. The van der Waals surface area contributed by atoms with Crippen molar-refractivity contribution in [1.29, 1.82) is 0 Å². The summed E-state index contributed by atoms with van der Waals surface area (Å²) in [5.74, 6) is 0.00347. The molecule has 1 unspecified atom stereocenters. The maximum absolute atomic E-state index is 13.4. The number of carbonyl (C=O) groups excluding carboxylic acids is 2. The molecule has 1 N–H and O–H groups in total. The van der Waals surface area contributed by atoms with Crippen LogP contribution in [-0.4, -0.2) is 43.7 Å². The number of piperidine rings is 1. The van der Waals surface area contributed by atoms with Gasteiger partial charge in [-0.1, -0.05) is 24.1 Å². The zero-order chi connectivity index (χ0) is 24.7. The summed E-state index contributed by atoms with van der Waals surface area (Å²) >= 11 is 0. The number of rotatable bonds is 5.